The highest BCUT2D eigenvalue weighted by atomic mass is 35.5. The summed E-state index contributed by atoms with van der Waals surface area (Å²) in [5.74, 6) is -0.0945. The monoisotopic (exact) mass is 780 g/mol. The van der Waals surface area contributed by atoms with E-state index in [1.165, 1.54) is 18.5 Å². The maximum atomic E-state index is 13.0. The first-order chi connectivity index (χ1) is 26.5. The van der Waals surface area contributed by atoms with Crippen LogP contribution in [-0.2, 0) is 9.53 Å². The lowest BCUT2D eigenvalue weighted by Crippen LogP contribution is -2.27. The first kappa shape index (κ1) is 36.0. The number of halogens is 2. The molecule has 2 unspecified atom stereocenters. The lowest BCUT2D eigenvalue weighted by Gasteiger charge is -2.20. The van der Waals surface area contributed by atoms with E-state index in [9.17, 15) is 24.6 Å². The largest absolute Gasteiger partial charge is 0.506 e. The molecule has 0 aliphatic carbocycles. The quantitative estimate of drug-likeness (QED) is 0.0645. The van der Waals surface area contributed by atoms with Crippen LogP contribution in [0.1, 0.15) is 28.7 Å². The average Bonchev–Trinajstić information content (AvgIpc) is 3.93. The van der Waals surface area contributed by atoms with Gasteiger partial charge in [-0.2, -0.15) is 0 Å². The van der Waals surface area contributed by atoms with Crippen LogP contribution in [0.5, 0.6) is 0 Å². The number of ether oxygens (including phenoxy) is 1. The van der Waals surface area contributed by atoms with Gasteiger partial charge in [-0.05, 0) is 56.1 Å². The van der Waals surface area contributed by atoms with E-state index < -0.39 is 23.1 Å². The Kier molecular flexibility index (Phi) is 9.41. The number of hydrogen-bond donors (Lipinski definition) is 4. The number of H-pyrrole nitrogens is 2. The molecule has 0 amide bonds. The number of aliphatic hydroxyl groups is 1. The molecule has 55 heavy (non-hydrogen) atoms. The van der Waals surface area contributed by atoms with Gasteiger partial charge in [0.05, 0.1) is 50.2 Å². The lowest BCUT2D eigenvalue weighted by molar-refractivity contribution is -0.136. The van der Waals surface area contributed by atoms with Crippen LogP contribution in [0.2, 0.25) is 10.2 Å². The summed E-state index contributed by atoms with van der Waals surface area (Å²) in [5.41, 5.74) is 3.20. The van der Waals surface area contributed by atoms with Gasteiger partial charge < -0.3 is 34.7 Å². The maximum Gasteiger partial charge on any atom is 0.345 e. The molecular formula is C39H34Cl2N8O6. The Morgan fingerprint density at radius 2 is 1.62 bits per heavy atom. The Hall–Kier alpha value is -5.96. The number of carboxylic acids is 1. The van der Waals surface area contributed by atoms with Gasteiger partial charge in [0.1, 0.15) is 39.3 Å². The summed E-state index contributed by atoms with van der Waals surface area (Å²) in [5, 5.41) is 21.0. The van der Waals surface area contributed by atoms with Gasteiger partial charge in [-0.25, -0.2) is 24.5 Å². The Balaban J connectivity index is 0.000000158. The van der Waals surface area contributed by atoms with Crippen molar-refractivity contribution in [1.82, 2.24) is 34.2 Å². The predicted molar refractivity (Wildman–Crippen MR) is 211 cm³/mol. The SMILES string of the molecule is CCOC(=O)C(=C(O)c1cnc(Cl)cc1Cl)c1nc2ccccc2[nH]1.CN1CC2CN(c3cc4c(cn3)c(=O)c(C(=O)O)c3[nH]c5ccccc5n34)CC2C1. The molecule has 14 nitrogen and oxygen atoms in total. The number of carboxylic acid groups (broad SMARTS) is 1. The smallest absolute Gasteiger partial charge is 0.345 e. The number of esters is 1. The normalized spacial score (nSPS) is 17.4. The molecule has 2 aromatic carbocycles. The van der Waals surface area contributed by atoms with Gasteiger partial charge in [-0.1, -0.05) is 47.5 Å². The molecular weight excluding hydrogens is 747 g/mol. The van der Waals surface area contributed by atoms with Gasteiger partial charge in [0, 0.05) is 44.6 Å². The minimum atomic E-state index is -1.24. The van der Waals surface area contributed by atoms with E-state index in [-0.39, 0.29) is 39.3 Å². The number of aromatic nitrogens is 6. The number of hydrogen-bond acceptors (Lipinski definition) is 10. The third kappa shape index (κ3) is 6.51. The summed E-state index contributed by atoms with van der Waals surface area (Å²) in [6.45, 7) is 5.91. The van der Waals surface area contributed by atoms with E-state index in [0.717, 1.165) is 43.0 Å². The van der Waals surface area contributed by atoms with Crippen molar-refractivity contribution in [3.63, 3.8) is 0 Å². The molecule has 4 N–H and O–H groups in total. The van der Waals surface area contributed by atoms with Crippen molar-refractivity contribution in [2.75, 3.05) is 44.7 Å². The molecule has 7 heterocycles. The molecule has 2 aliphatic heterocycles. The number of anilines is 1. The van der Waals surface area contributed by atoms with Crippen LogP contribution in [0, 0.1) is 11.8 Å². The van der Waals surface area contributed by atoms with Crippen molar-refractivity contribution < 1.29 is 24.5 Å². The molecule has 0 spiro atoms. The number of aliphatic hydroxyl groups excluding tert-OH is 1. The summed E-state index contributed by atoms with van der Waals surface area (Å²) >= 11 is 11.9. The summed E-state index contributed by atoms with van der Waals surface area (Å²) in [6.07, 6.45) is 2.82. The first-order valence-corrected chi connectivity index (χ1v) is 18.3. The number of fused-ring (bicyclic) bond motifs is 7. The molecule has 5 aromatic heterocycles. The van der Waals surface area contributed by atoms with Gasteiger partial charge in [0.25, 0.3) is 0 Å². The second-order valence-corrected chi connectivity index (χ2v) is 14.4. The minimum Gasteiger partial charge on any atom is -0.506 e. The number of nitrogens with zero attached hydrogens (tertiary/aromatic N) is 6. The van der Waals surface area contributed by atoms with Gasteiger partial charge in [-0.3, -0.25) is 9.20 Å². The summed E-state index contributed by atoms with van der Waals surface area (Å²) < 4.78 is 6.89. The Morgan fingerprint density at radius 3 is 2.31 bits per heavy atom. The highest BCUT2D eigenvalue weighted by Crippen LogP contribution is 2.34. The predicted octanol–water partition coefficient (Wildman–Crippen LogP) is 6.28. The molecule has 2 fully saturated rings. The van der Waals surface area contributed by atoms with Crippen molar-refractivity contribution in [3.05, 3.63) is 110 Å². The number of rotatable bonds is 6. The Bertz CT molecular complexity index is 2710. The number of benzene rings is 2. The Labute approximate surface area is 322 Å². The zero-order valence-electron chi connectivity index (χ0n) is 29.6. The number of nitrogens with one attached hydrogen (secondary N) is 2. The fourth-order valence-electron chi connectivity index (χ4n) is 7.62. The van der Waals surface area contributed by atoms with E-state index in [1.807, 2.05) is 52.9 Å². The minimum absolute atomic E-state index is 0.135. The molecule has 2 aliphatic rings. The van der Waals surface area contributed by atoms with Crippen LogP contribution < -0.4 is 10.3 Å². The van der Waals surface area contributed by atoms with Crippen molar-refractivity contribution in [2.24, 2.45) is 11.8 Å². The van der Waals surface area contributed by atoms with Gasteiger partial charge in [0.15, 0.2) is 0 Å². The van der Waals surface area contributed by atoms with Crippen LogP contribution in [0.4, 0.5) is 5.82 Å². The number of pyridine rings is 3. The van der Waals surface area contributed by atoms with Crippen molar-refractivity contribution in [3.8, 4) is 0 Å². The third-order valence-electron chi connectivity index (χ3n) is 10.1. The molecule has 9 rings (SSSR count). The van der Waals surface area contributed by atoms with Crippen LogP contribution >= 0.6 is 23.2 Å². The number of aromatic amines is 2. The number of likely N-dealkylation sites (tertiary alicyclic amines) is 1. The molecule has 2 saturated heterocycles. The van der Waals surface area contributed by atoms with Crippen molar-refractivity contribution in [2.45, 2.75) is 6.92 Å². The first-order valence-electron chi connectivity index (χ1n) is 17.5. The van der Waals surface area contributed by atoms with E-state index in [4.69, 9.17) is 27.9 Å². The maximum absolute atomic E-state index is 13.0. The van der Waals surface area contributed by atoms with Crippen LogP contribution in [-0.4, -0.2) is 96.2 Å². The average molecular weight is 782 g/mol. The van der Waals surface area contributed by atoms with Crippen molar-refractivity contribution >= 4 is 90.9 Å². The Morgan fingerprint density at radius 1 is 0.909 bits per heavy atom. The molecule has 0 bridgehead atoms. The number of carbonyl (C=O) groups is 2. The van der Waals surface area contributed by atoms with Crippen LogP contribution in [0.3, 0.4) is 0 Å². The second-order valence-electron chi connectivity index (χ2n) is 13.6. The molecule has 0 radical (unpaired) electrons. The topological polar surface area (TPSA) is 182 Å². The molecule has 280 valence electrons. The van der Waals surface area contributed by atoms with Gasteiger partial charge in [-0.15, -0.1) is 0 Å². The number of para-hydroxylation sites is 4. The van der Waals surface area contributed by atoms with Crippen LogP contribution in [0.25, 0.3) is 49.9 Å². The van der Waals surface area contributed by atoms with Gasteiger partial charge in [0.2, 0.25) is 5.43 Å². The summed E-state index contributed by atoms with van der Waals surface area (Å²) in [6, 6.07) is 18.1. The fraction of sp³-hybridized carbons (Fsp3) is 0.231. The molecule has 0 saturated carbocycles. The number of imidazole rings is 2. The van der Waals surface area contributed by atoms with E-state index in [1.54, 1.807) is 13.0 Å². The zero-order chi connectivity index (χ0) is 38.5. The van der Waals surface area contributed by atoms with E-state index in [0.29, 0.717) is 39.4 Å². The van der Waals surface area contributed by atoms with Gasteiger partial charge >= 0.3 is 11.9 Å². The molecule has 7 aromatic rings. The number of aromatic carboxylic acids is 1. The standard InChI is InChI=1S/C22H21N5O3.C17H13Cl2N3O3/c1-25-8-12-10-26(11-13(12)9-25)18-6-17-14(7-23-18)20(28)19(22(29)30)21-24-15-4-2-3-5-16(15)27(17)21;1-2-25-17(24)14(15(23)9-8-20-13(19)7-10(9)18)16-21-11-5-3-4-6-12(11)22-16/h2-7,12-13,24H,8-11H2,1H3,(H,29,30);3-8,23H,2H2,1H3,(H,21,22). The summed E-state index contributed by atoms with van der Waals surface area (Å²) in [4.78, 5) is 60.9. The van der Waals surface area contributed by atoms with E-state index in [2.05, 4.69) is 41.8 Å². The van der Waals surface area contributed by atoms with Crippen molar-refractivity contribution in [1.29, 1.82) is 0 Å². The fourth-order valence-corrected chi connectivity index (χ4v) is 8.08. The highest BCUT2D eigenvalue weighted by molar-refractivity contribution is 6.36. The van der Waals surface area contributed by atoms with Crippen LogP contribution in [0.15, 0.2) is 77.9 Å². The summed E-state index contributed by atoms with van der Waals surface area (Å²) in [7, 11) is 2.16. The third-order valence-corrected chi connectivity index (χ3v) is 10.6. The van der Waals surface area contributed by atoms with E-state index >= 15 is 0 Å². The molecule has 2 atom stereocenters. The zero-order valence-corrected chi connectivity index (χ0v) is 31.1. The highest BCUT2D eigenvalue weighted by Gasteiger charge is 2.39. The second kappa shape index (κ2) is 14.4. The molecule has 16 heteroatoms. The lowest BCUT2D eigenvalue weighted by atomic mass is 10.0. The number of carbonyl (C=O) groups excluding carboxylic acids is 1.